The van der Waals surface area contributed by atoms with Crippen LogP contribution >= 0.6 is 11.3 Å². The topological polar surface area (TPSA) is 56.0 Å². The normalized spacial score (nSPS) is 10.0. The van der Waals surface area contributed by atoms with Gasteiger partial charge in [0.1, 0.15) is 5.01 Å². The molecule has 2 aromatic rings. The third-order valence-corrected chi connectivity index (χ3v) is 2.56. The highest BCUT2D eigenvalue weighted by atomic mass is 32.1. The number of non-ortho nitro benzene ring substituents is 1. The Morgan fingerprint density at radius 2 is 2.29 bits per heavy atom. The van der Waals surface area contributed by atoms with E-state index in [9.17, 15) is 10.1 Å². The lowest BCUT2D eigenvalue weighted by Gasteiger charge is -1.95. The van der Waals surface area contributed by atoms with Gasteiger partial charge in [-0.1, -0.05) is 12.1 Å². The van der Waals surface area contributed by atoms with Gasteiger partial charge >= 0.3 is 0 Å². The minimum absolute atomic E-state index is 0.0951. The molecular weight excluding hydrogens is 200 g/mol. The van der Waals surface area contributed by atoms with Crippen molar-refractivity contribution in [3.63, 3.8) is 0 Å². The van der Waals surface area contributed by atoms with Crippen LogP contribution in [0.2, 0.25) is 0 Å². The molecule has 0 N–H and O–H groups in total. The van der Waals surface area contributed by atoms with Crippen molar-refractivity contribution in [2.75, 3.05) is 0 Å². The van der Waals surface area contributed by atoms with Crippen LogP contribution in [0.4, 0.5) is 5.69 Å². The van der Waals surface area contributed by atoms with E-state index in [1.807, 2.05) is 11.4 Å². The lowest BCUT2D eigenvalue weighted by atomic mass is 10.2. The molecule has 0 spiro atoms. The standard InChI is InChI=1S/C9H6N2O2S/c12-11(13)8-3-1-2-7(6-8)9-10-4-5-14-9/h1-6H. The van der Waals surface area contributed by atoms with E-state index < -0.39 is 4.92 Å². The maximum absolute atomic E-state index is 10.5. The molecular formula is C9H6N2O2S. The first kappa shape index (κ1) is 8.83. The van der Waals surface area contributed by atoms with Crippen LogP contribution in [0.5, 0.6) is 0 Å². The number of nitro groups is 1. The molecule has 0 aliphatic carbocycles. The van der Waals surface area contributed by atoms with Gasteiger partial charge in [-0.25, -0.2) is 4.98 Å². The summed E-state index contributed by atoms with van der Waals surface area (Å²) >= 11 is 1.46. The SMILES string of the molecule is O=[N+]([O-])c1cccc(-c2nccs2)c1. The highest BCUT2D eigenvalue weighted by molar-refractivity contribution is 7.13. The number of benzene rings is 1. The second-order valence-electron chi connectivity index (χ2n) is 2.64. The van der Waals surface area contributed by atoms with Crippen LogP contribution < -0.4 is 0 Å². The molecule has 5 heteroatoms. The predicted molar refractivity (Wildman–Crippen MR) is 54.2 cm³/mol. The van der Waals surface area contributed by atoms with E-state index in [-0.39, 0.29) is 5.69 Å². The Bertz CT molecular complexity index is 454. The van der Waals surface area contributed by atoms with Gasteiger partial charge in [0.2, 0.25) is 0 Å². The molecule has 0 atom stereocenters. The number of aromatic nitrogens is 1. The first-order valence-electron chi connectivity index (χ1n) is 3.92. The van der Waals surface area contributed by atoms with Crippen LogP contribution in [0, 0.1) is 10.1 Å². The minimum Gasteiger partial charge on any atom is -0.258 e. The molecule has 0 amide bonds. The maximum atomic E-state index is 10.5. The van der Waals surface area contributed by atoms with Crippen molar-refractivity contribution in [1.29, 1.82) is 0 Å². The van der Waals surface area contributed by atoms with Gasteiger partial charge in [0.05, 0.1) is 4.92 Å². The van der Waals surface area contributed by atoms with Crippen molar-refractivity contribution in [2.24, 2.45) is 0 Å². The Kier molecular flexibility index (Phi) is 2.24. The molecule has 1 aromatic carbocycles. The number of rotatable bonds is 2. The Balaban J connectivity index is 2.46. The molecule has 2 rings (SSSR count). The molecule has 0 aliphatic rings. The molecule has 14 heavy (non-hydrogen) atoms. The lowest BCUT2D eigenvalue weighted by Crippen LogP contribution is -1.87. The summed E-state index contributed by atoms with van der Waals surface area (Å²) in [6.45, 7) is 0. The first-order chi connectivity index (χ1) is 6.77. The Morgan fingerprint density at radius 1 is 1.43 bits per heavy atom. The van der Waals surface area contributed by atoms with Gasteiger partial charge in [0.25, 0.3) is 5.69 Å². The Labute approximate surface area is 84.0 Å². The summed E-state index contributed by atoms with van der Waals surface area (Å²) in [4.78, 5) is 14.2. The summed E-state index contributed by atoms with van der Waals surface area (Å²) in [5.41, 5.74) is 0.881. The van der Waals surface area contributed by atoms with Crippen LogP contribution in [0.15, 0.2) is 35.8 Å². The first-order valence-corrected chi connectivity index (χ1v) is 4.79. The summed E-state index contributed by atoms with van der Waals surface area (Å²) in [6, 6.07) is 6.47. The molecule has 0 bridgehead atoms. The van der Waals surface area contributed by atoms with Crippen LogP contribution in [0.1, 0.15) is 0 Å². The number of nitrogens with zero attached hydrogens (tertiary/aromatic N) is 2. The van der Waals surface area contributed by atoms with Gasteiger partial charge in [0.15, 0.2) is 0 Å². The van der Waals surface area contributed by atoms with Gasteiger partial charge < -0.3 is 0 Å². The smallest absolute Gasteiger partial charge is 0.258 e. The minimum atomic E-state index is -0.406. The van der Waals surface area contributed by atoms with Gasteiger partial charge in [0, 0.05) is 29.3 Å². The molecule has 1 aromatic heterocycles. The molecule has 4 nitrogen and oxygen atoms in total. The molecule has 0 radical (unpaired) electrons. The molecule has 0 saturated heterocycles. The van der Waals surface area contributed by atoms with Crippen LogP contribution in [0.25, 0.3) is 10.6 Å². The summed E-state index contributed by atoms with van der Waals surface area (Å²) in [5.74, 6) is 0. The van der Waals surface area contributed by atoms with Crippen molar-refractivity contribution in [3.8, 4) is 10.6 Å². The summed E-state index contributed by atoms with van der Waals surface area (Å²) in [6.07, 6.45) is 1.68. The van der Waals surface area contributed by atoms with E-state index in [2.05, 4.69) is 4.98 Å². The van der Waals surface area contributed by atoms with Gasteiger partial charge in [-0.15, -0.1) is 11.3 Å². The van der Waals surface area contributed by atoms with Crippen molar-refractivity contribution in [2.45, 2.75) is 0 Å². The molecule has 70 valence electrons. The molecule has 0 unspecified atom stereocenters. The third-order valence-electron chi connectivity index (χ3n) is 1.74. The van der Waals surface area contributed by atoms with E-state index in [1.165, 1.54) is 23.5 Å². The van der Waals surface area contributed by atoms with E-state index in [4.69, 9.17) is 0 Å². The van der Waals surface area contributed by atoms with E-state index >= 15 is 0 Å². The molecule has 0 fully saturated rings. The second-order valence-corrected chi connectivity index (χ2v) is 3.54. The molecule has 0 aliphatic heterocycles. The molecule has 0 saturated carbocycles. The summed E-state index contributed by atoms with van der Waals surface area (Å²) in [5, 5.41) is 13.2. The fourth-order valence-corrected chi connectivity index (χ4v) is 1.75. The second kappa shape index (κ2) is 3.55. The highest BCUT2D eigenvalue weighted by Gasteiger charge is 2.07. The number of nitro benzene ring substituents is 1. The van der Waals surface area contributed by atoms with Crippen molar-refractivity contribution in [1.82, 2.24) is 4.98 Å². The monoisotopic (exact) mass is 206 g/mol. The van der Waals surface area contributed by atoms with Crippen LogP contribution in [0.3, 0.4) is 0 Å². The van der Waals surface area contributed by atoms with Crippen molar-refractivity contribution in [3.05, 3.63) is 46.0 Å². The Hall–Kier alpha value is -1.75. The van der Waals surface area contributed by atoms with Crippen molar-refractivity contribution < 1.29 is 4.92 Å². The average Bonchev–Trinajstić information content (AvgIpc) is 2.71. The number of hydrogen-bond donors (Lipinski definition) is 0. The van der Waals surface area contributed by atoms with Gasteiger partial charge in [-0.05, 0) is 0 Å². The number of hydrogen-bond acceptors (Lipinski definition) is 4. The Morgan fingerprint density at radius 3 is 2.93 bits per heavy atom. The zero-order chi connectivity index (χ0) is 9.97. The summed E-state index contributed by atoms with van der Waals surface area (Å²) in [7, 11) is 0. The van der Waals surface area contributed by atoms with Gasteiger partial charge in [-0.3, -0.25) is 10.1 Å². The maximum Gasteiger partial charge on any atom is 0.270 e. The van der Waals surface area contributed by atoms with Gasteiger partial charge in [-0.2, -0.15) is 0 Å². The third kappa shape index (κ3) is 1.62. The van der Waals surface area contributed by atoms with E-state index in [0.29, 0.717) is 0 Å². The predicted octanol–water partition coefficient (Wildman–Crippen LogP) is 2.72. The van der Waals surface area contributed by atoms with E-state index in [1.54, 1.807) is 12.3 Å². The zero-order valence-corrected chi connectivity index (χ0v) is 7.90. The van der Waals surface area contributed by atoms with Crippen LogP contribution in [-0.4, -0.2) is 9.91 Å². The quantitative estimate of drug-likeness (QED) is 0.560. The summed E-state index contributed by atoms with van der Waals surface area (Å²) < 4.78 is 0. The number of thiazole rings is 1. The zero-order valence-electron chi connectivity index (χ0n) is 7.08. The van der Waals surface area contributed by atoms with Crippen molar-refractivity contribution >= 4 is 17.0 Å². The highest BCUT2D eigenvalue weighted by Crippen LogP contribution is 2.24. The van der Waals surface area contributed by atoms with Crippen LogP contribution in [-0.2, 0) is 0 Å². The fourth-order valence-electron chi connectivity index (χ4n) is 1.12. The largest absolute Gasteiger partial charge is 0.270 e. The molecule has 1 heterocycles. The fraction of sp³-hybridized carbons (Fsp3) is 0. The average molecular weight is 206 g/mol. The van der Waals surface area contributed by atoms with E-state index in [0.717, 1.165) is 10.6 Å². The lowest BCUT2D eigenvalue weighted by molar-refractivity contribution is -0.384.